The van der Waals surface area contributed by atoms with E-state index in [1.807, 2.05) is 13.0 Å². The number of halogens is 1. The predicted molar refractivity (Wildman–Crippen MR) is 129 cm³/mol. The van der Waals surface area contributed by atoms with E-state index in [2.05, 4.69) is 39.5 Å². The van der Waals surface area contributed by atoms with Gasteiger partial charge in [0.1, 0.15) is 6.54 Å². The highest BCUT2D eigenvalue weighted by molar-refractivity contribution is 14.0. The van der Waals surface area contributed by atoms with Crippen LogP contribution in [0.4, 0.5) is 0 Å². The van der Waals surface area contributed by atoms with E-state index in [0.29, 0.717) is 13.2 Å². The van der Waals surface area contributed by atoms with Gasteiger partial charge in [0.05, 0.1) is 13.2 Å². The van der Waals surface area contributed by atoms with Crippen molar-refractivity contribution in [3.63, 3.8) is 0 Å². The number of nitrogens with zero attached hydrogens (tertiary/aromatic N) is 3. The molecule has 2 heterocycles. The number of carbonyl (C=O) groups is 1. The van der Waals surface area contributed by atoms with Gasteiger partial charge in [-0.1, -0.05) is 30.3 Å². The first-order valence-corrected chi connectivity index (χ1v) is 10.5. The molecule has 1 unspecified atom stereocenters. The number of guanidine groups is 1. The number of benzene rings is 1. The van der Waals surface area contributed by atoms with Crippen LogP contribution in [-0.4, -0.2) is 80.9 Å². The summed E-state index contributed by atoms with van der Waals surface area (Å²) in [5, 5.41) is 3.48. The largest absolute Gasteiger partial charge is 0.356 e. The Hall–Kier alpha value is -1.39. The second-order valence-corrected chi connectivity index (χ2v) is 8.09. The number of nitrogens with one attached hydrogen (secondary N) is 1. The van der Waals surface area contributed by atoms with Crippen LogP contribution in [0.15, 0.2) is 35.3 Å². The maximum atomic E-state index is 12.1. The van der Waals surface area contributed by atoms with Crippen LogP contribution < -0.4 is 5.32 Å². The Bertz CT molecular complexity index is 693. The van der Waals surface area contributed by atoms with E-state index in [4.69, 9.17) is 9.47 Å². The molecule has 2 fully saturated rings. The molecule has 1 atom stereocenters. The van der Waals surface area contributed by atoms with Crippen molar-refractivity contribution in [3.05, 3.63) is 35.9 Å². The first kappa shape index (κ1) is 24.9. The minimum atomic E-state index is -0.521. The highest BCUT2D eigenvalue weighted by atomic mass is 127. The van der Waals surface area contributed by atoms with E-state index in [9.17, 15) is 4.79 Å². The molecular formula is C22H35IN4O3. The van der Waals surface area contributed by atoms with Gasteiger partial charge < -0.3 is 24.6 Å². The van der Waals surface area contributed by atoms with Crippen LogP contribution in [0.3, 0.4) is 0 Å². The second-order valence-electron chi connectivity index (χ2n) is 8.09. The lowest BCUT2D eigenvalue weighted by Gasteiger charge is -2.41. The van der Waals surface area contributed by atoms with Gasteiger partial charge >= 0.3 is 0 Å². The standard InChI is InChI=1S/C22H34N4O3.HI/c1-22(28-14-15-29-22)19-10-7-13-26(17-19)21(24-16-20(27)25(2)3)23-12-11-18-8-5-4-6-9-18;/h4-6,8-9,19H,7,10-17H2,1-3H3,(H,23,24);1H. The van der Waals surface area contributed by atoms with Gasteiger partial charge in [-0.15, -0.1) is 24.0 Å². The predicted octanol–water partition coefficient (Wildman–Crippen LogP) is 2.36. The summed E-state index contributed by atoms with van der Waals surface area (Å²) in [5.41, 5.74) is 1.28. The Balaban J connectivity index is 0.00000320. The Morgan fingerprint density at radius 2 is 1.97 bits per heavy atom. The molecule has 0 saturated carbocycles. The van der Waals surface area contributed by atoms with Crippen LogP contribution in [0, 0.1) is 5.92 Å². The van der Waals surface area contributed by atoms with Gasteiger partial charge in [-0.25, -0.2) is 4.99 Å². The number of piperidine rings is 1. The molecule has 0 radical (unpaired) electrons. The van der Waals surface area contributed by atoms with Crippen LogP contribution in [0.5, 0.6) is 0 Å². The summed E-state index contributed by atoms with van der Waals surface area (Å²) in [5.74, 6) is 0.551. The minimum absolute atomic E-state index is 0. The van der Waals surface area contributed by atoms with Crippen molar-refractivity contribution in [1.82, 2.24) is 15.1 Å². The summed E-state index contributed by atoms with van der Waals surface area (Å²) in [6.07, 6.45) is 3.03. The van der Waals surface area contributed by atoms with Crippen molar-refractivity contribution in [2.75, 3.05) is 53.5 Å². The average molecular weight is 530 g/mol. The molecule has 3 rings (SSSR count). The molecule has 30 heavy (non-hydrogen) atoms. The zero-order chi connectivity index (χ0) is 20.7. The summed E-state index contributed by atoms with van der Waals surface area (Å²) in [6.45, 7) is 5.99. The third-order valence-electron chi connectivity index (χ3n) is 5.73. The Morgan fingerprint density at radius 1 is 1.27 bits per heavy atom. The molecule has 2 saturated heterocycles. The molecule has 2 aliphatic rings. The Morgan fingerprint density at radius 3 is 2.63 bits per heavy atom. The Kier molecular flexibility index (Phi) is 9.83. The fraction of sp³-hybridized carbons (Fsp3) is 0.636. The number of aliphatic imine (C=N–C) groups is 1. The second kappa shape index (κ2) is 11.9. The van der Waals surface area contributed by atoms with E-state index in [1.165, 1.54) is 5.56 Å². The summed E-state index contributed by atoms with van der Waals surface area (Å²) < 4.78 is 11.8. The van der Waals surface area contributed by atoms with Crippen molar-refractivity contribution in [1.29, 1.82) is 0 Å². The fourth-order valence-corrected chi connectivity index (χ4v) is 3.88. The summed E-state index contributed by atoms with van der Waals surface area (Å²) in [4.78, 5) is 20.5. The third-order valence-corrected chi connectivity index (χ3v) is 5.73. The van der Waals surface area contributed by atoms with E-state index in [1.54, 1.807) is 19.0 Å². The van der Waals surface area contributed by atoms with Crippen LogP contribution in [0.1, 0.15) is 25.3 Å². The maximum Gasteiger partial charge on any atom is 0.243 e. The number of rotatable bonds is 6. The number of likely N-dealkylation sites (tertiary alicyclic amines) is 1. The molecule has 1 aromatic carbocycles. The van der Waals surface area contributed by atoms with Crippen molar-refractivity contribution in [2.24, 2.45) is 10.9 Å². The van der Waals surface area contributed by atoms with Gasteiger partial charge in [-0.2, -0.15) is 0 Å². The fourth-order valence-electron chi connectivity index (χ4n) is 3.88. The molecule has 2 aliphatic heterocycles. The van der Waals surface area contributed by atoms with E-state index < -0.39 is 5.79 Å². The molecule has 1 aromatic rings. The van der Waals surface area contributed by atoms with Crippen LogP contribution >= 0.6 is 24.0 Å². The average Bonchev–Trinajstić information content (AvgIpc) is 3.19. The number of hydrogen-bond acceptors (Lipinski definition) is 4. The molecule has 8 heteroatoms. The molecule has 0 aromatic heterocycles. The summed E-state index contributed by atoms with van der Waals surface area (Å²) in [6, 6.07) is 10.4. The first-order valence-electron chi connectivity index (χ1n) is 10.5. The lowest BCUT2D eigenvalue weighted by molar-refractivity contribution is -0.189. The van der Waals surface area contributed by atoms with Crippen LogP contribution in [0.2, 0.25) is 0 Å². The van der Waals surface area contributed by atoms with Crippen LogP contribution in [0.25, 0.3) is 0 Å². The van der Waals surface area contributed by atoms with Crippen LogP contribution in [-0.2, 0) is 20.7 Å². The number of hydrogen-bond donors (Lipinski definition) is 1. The summed E-state index contributed by atoms with van der Waals surface area (Å²) >= 11 is 0. The number of carbonyl (C=O) groups excluding carboxylic acids is 1. The topological polar surface area (TPSA) is 66.4 Å². The van der Waals surface area contributed by atoms with Gasteiger partial charge in [0.2, 0.25) is 5.91 Å². The highest BCUT2D eigenvalue weighted by Gasteiger charge is 2.42. The van der Waals surface area contributed by atoms with E-state index >= 15 is 0 Å². The molecule has 168 valence electrons. The van der Waals surface area contributed by atoms with Crippen molar-refractivity contribution < 1.29 is 14.3 Å². The summed E-state index contributed by atoms with van der Waals surface area (Å²) in [7, 11) is 3.51. The van der Waals surface area contributed by atoms with Gasteiger partial charge in [0.15, 0.2) is 11.7 Å². The van der Waals surface area contributed by atoms with Crippen molar-refractivity contribution in [3.8, 4) is 0 Å². The number of ether oxygens (including phenoxy) is 2. The SMILES string of the molecule is CN(C)C(=O)CN=C(NCCc1ccccc1)N1CCCC(C2(C)OCCO2)C1.I. The van der Waals surface area contributed by atoms with Crippen molar-refractivity contribution >= 4 is 35.8 Å². The third kappa shape index (κ3) is 6.81. The van der Waals surface area contributed by atoms with Gasteiger partial charge in [0.25, 0.3) is 0 Å². The maximum absolute atomic E-state index is 12.1. The lowest BCUT2D eigenvalue weighted by Crippen LogP contribution is -2.52. The van der Waals surface area contributed by atoms with E-state index in [0.717, 1.165) is 44.9 Å². The molecule has 1 amide bonds. The lowest BCUT2D eigenvalue weighted by atomic mass is 9.90. The highest BCUT2D eigenvalue weighted by Crippen LogP contribution is 2.34. The monoisotopic (exact) mass is 530 g/mol. The normalized spacial score (nSPS) is 21.1. The molecule has 7 nitrogen and oxygen atoms in total. The molecular weight excluding hydrogens is 495 g/mol. The zero-order valence-corrected chi connectivity index (χ0v) is 20.6. The molecule has 0 spiro atoms. The van der Waals surface area contributed by atoms with Crippen molar-refractivity contribution in [2.45, 2.75) is 32.0 Å². The first-order chi connectivity index (χ1) is 14.0. The van der Waals surface area contributed by atoms with Gasteiger partial charge in [-0.05, 0) is 31.7 Å². The zero-order valence-electron chi connectivity index (χ0n) is 18.3. The molecule has 1 N–H and O–H groups in total. The number of likely N-dealkylation sites (N-methyl/N-ethyl adjacent to an activating group) is 1. The number of amides is 1. The molecule has 0 bridgehead atoms. The Labute approximate surface area is 197 Å². The van der Waals surface area contributed by atoms with E-state index in [-0.39, 0.29) is 42.3 Å². The van der Waals surface area contributed by atoms with Gasteiger partial charge in [-0.3, -0.25) is 4.79 Å². The smallest absolute Gasteiger partial charge is 0.243 e. The van der Waals surface area contributed by atoms with Gasteiger partial charge in [0, 0.05) is 39.6 Å². The minimum Gasteiger partial charge on any atom is -0.356 e. The quantitative estimate of drug-likeness (QED) is 0.348. The molecule has 0 aliphatic carbocycles.